The fourth-order valence-electron chi connectivity index (χ4n) is 19.4. The molecule has 0 aromatic heterocycles. The second kappa shape index (κ2) is 55.1. The van der Waals surface area contributed by atoms with Crippen molar-refractivity contribution in [3.05, 3.63) is 59.5 Å². The molecule has 4 saturated carbocycles. The van der Waals surface area contributed by atoms with E-state index < -0.39 is 143 Å². The monoisotopic (exact) mass is 1890 g/mol. The van der Waals surface area contributed by atoms with E-state index in [4.69, 9.17) is 73.0 Å². The number of alkyl halides is 2. The Kier molecular flexibility index (Phi) is 44.9. The molecule has 38 heteroatoms. The number of fused-ring (bicyclic) bond motifs is 8. The van der Waals surface area contributed by atoms with Crippen molar-refractivity contribution in [1.82, 2.24) is 42.5 Å². The smallest absolute Gasteiger partial charge is 0.407 e. The number of aliphatic hydroxyl groups is 1. The number of nitrogens with zero attached hydrogens (tertiary/aromatic N) is 1. The summed E-state index contributed by atoms with van der Waals surface area (Å²) in [6.45, 7) is 15.4. The summed E-state index contributed by atoms with van der Waals surface area (Å²) in [6.07, 6.45) is 7.27. The minimum absolute atomic E-state index is 0.0196. The third-order valence-electron chi connectivity index (χ3n) is 26.7. The molecule has 9 amide bonds. The molecule has 14 N–H and O–H groups in total. The third kappa shape index (κ3) is 32.5. The Hall–Kier alpha value is -8.56. The molecule has 1 aliphatic heterocycles. The highest BCUT2D eigenvalue weighted by Crippen LogP contribution is 2.72. The minimum atomic E-state index is -2.40. The highest BCUT2D eigenvalue weighted by atomic mass is 19.1. The quantitative estimate of drug-likeness (QED) is 0.0213. The molecule has 1 aromatic carbocycles. The summed E-state index contributed by atoms with van der Waals surface area (Å²) in [5.41, 5.74) is 6.66. The molecule has 36 nitrogen and oxygen atoms in total. The van der Waals surface area contributed by atoms with Gasteiger partial charge >= 0.3 is 12.1 Å². The molecule has 0 bridgehead atoms. The normalized spacial score (nSPS) is 26.8. The number of likely N-dealkylation sites (N-methyl/N-ethyl adjacent to an activating group) is 1. The molecule has 3 unspecified atom stereocenters. The number of halogens is 2. The van der Waals surface area contributed by atoms with Gasteiger partial charge in [0.25, 0.3) is 0 Å². The van der Waals surface area contributed by atoms with Crippen LogP contribution < -0.4 is 64.1 Å². The number of hydrogen-bond acceptors (Lipinski definition) is 26. The number of allylic oxidation sites excluding steroid dienone is 5. The van der Waals surface area contributed by atoms with Crippen molar-refractivity contribution in [1.29, 1.82) is 0 Å². The number of carbonyl (C=O) groups excluding carboxylic acids is 10. The number of rotatable bonds is 62. The number of Topliss-reactive ketones (excluding diaryl/α,β-unsaturated/α-hetero) is 1. The van der Waals surface area contributed by atoms with Crippen molar-refractivity contribution in [2.75, 3.05) is 191 Å². The fourth-order valence-corrected chi connectivity index (χ4v) is 19.4. The van der Waals surface area contributed by atoms with Gasteiger partial charge in [-0.05, 0) is 168 Å². The van der Waals surface area contributed by atoms with Gasteiger partial charge < -0.3 is 130 Å². The van der Waals surface area contributed by atoms with E-state index in [2.05, 4.69) is 80.8 Å². The summed E-state index contributed by atoms with van der Waals surface area (Å²) in [7, 11) is 6.21. The number of ketones is 2. The Labute approximate surface area is 787 Å². The number of quaternary nitrogens is 1. The predicted octanol–water partition coefficient (Wildman–Crippen LogP) is 5.64. The van der Waals surface area contributed by atoms with Crippen LogP contribution in [0.2, 0.25) is 0 Å². The maximum atomic E-state index is 18.2. The third-order valence-corrected chi connectivity index (χ3v) is 26.7. The number of anilines is 1. The zero-order chi connectivity index (χ0) is 96.7. The van der Waals surface area contributed by atoms with E-state index in [0.717, 1.165) is 67.7 Å². The SMILES string of the molecule is CCCC1O[C@@H]2C[C@H]3[C@@H]4C[C@H](F)C5=CC(=O)C=C[C@]5(C)[C@@]4(F)[C@@H](O)C[C@]3(C)[C@]2(C(=O)COc2ccc(NC(=O)[C@H](CCCNC(N)=O)NC(=O)[C@@H](NC(=O)[C@@H](CCCCNC(=O)COC3CCCCC/C(NCCOCCOCCOCCOCCC(=O)NCC[N+](C)(C)C)=C\3N)NC(=O)CCOCCOCCOCCOCCNC(=O)OCC3[C@H]4CCC#CCC[C@@H]34)C(C)C)cc2)O1. The summed E-state index contributed by atoms with van der Waals surface area (Å²) in [6, 6.07) is 1.50. The maximum Gasteiger partial charge on any atom is 0.407 e. The molecule has 5 fully saturated rings. The second-order valence-electron chi connectivity index (χ2n) is 37.7. The lowest BCUT2D eigenvalue weighted by Crippen LogP contribution is -2.71. The lowest BCUT2D eigenvalue weighted by atomic mass is 9.44. The Bertz CT molecular complexity index is 4100. The summed E-state index contributed by atoms with van der Waals surface area (Å²) in [4.78, 5) is 134. The number of nitrogens with two attached hydrogens (primary N) is 2. The van der Waals surface area contributed by atoms with Crippen LogP contribution in [0.4, 0.5) is 24.1 Å². The number of hydrogen-bond donors (Lipinski definition) is 12. The van der Waals surface area contributed by atoms with E-state index in [1.54, 1.807) is 20.8 Å². The van der Waals surface area contributed by atoms with Gasteiger partial charge in [-0.25, -0.2) is 18.4 Å². The number of alkyl carbamates (subject to hydrolysis) is 1. The number of ether oxygens (including phenoxy) is 13. The molecule has 1 heterocycles. The van der Waals surface area contributed by atoms with Gasteiger partial charge in [-0.15, -0.1) is 11.8 Å². The highest BCUT2D eigenvalue weighted by Gasteiger charge is 2.80. The lowest BCUT2D eigenvalue weighted by molar-refractivity contribution is -0.869. The number of aliphatic hydroxyl groups excluding tert-OH is 1. The second-order valence-corrected chi connectivity index (χ2v) is 37.7. The molecule has 9 rings (SSSR count). The summed E-state index contributed by atoms with van der Waals surface area (Å²) in [5.74, 6) is 1.73. The van der Waals surface area contributed by atoms with Gasteiger partial charge in [-0.1, -0.05) is 53.0 Å². The molecule has 0 radical (unpaired) electrons. The van der Waals surface area contributed by atoms with Crippen molar-refractivity contribution >= 4 is 64.8 Å². The largest absolute Gasteiger partial charge is 0.486 e. The van der Waals surface area contributed by atoms with Crippen molar-refractivity contribution in [2.24, 2.45) is 57.8 Å². The average molecular weight is 1900 g/mol. The first kappa shape index (κ1) is 109. The van der Waals surface area contributed by atoms with Crippen molar-refractivity contribution in [3.8, 4) is 17.6 Å². The van der Waals surface area contributed by atoms with E-state index in [9.17, 15) is 48.3 Å². The van der Waals surface area contributed by atoms with E-state index in [1.807, 2.05) is 6.92 Å². The number of amides is 9. The standard InChI is InChI=1S/C96H150F2N12O24/c1-9-20-85-133-81-59-71-72-58-74(97)73-57-66(111)31-34-93(73,4)95(72,98)79(112)60-94(71,5)96(81,134-85)80(113)62-130-67-29-27-65(28-30-67)106-88(117)77(25-19-36-104-91(100)120)108-90(119)87(64(2)3)109-89(118)76(107-83(115)33-42-123-46-50-127-54-56-129-52-48-125-44-39-105-92(121)132-61-70-68-21-13-10-11-14-22-69(68)70)24-17-18-35-102-84(116)63-131-78-26-16-12-15-23-75(86(78)99)101-38-43-124-47-51-128-55-53-126-49-45-122-41-32-82(114)103-37-40-110(6,7)8/h27-31,34,57,64,68-72,74,76-79,81,85,87,101,112H,9,12-26,32-33,35-56,58-63,99H2,1-8H3,(H9-,100,102,103,104,105,106,107,108,109,114,115,116,117,118,119,120,121)/p+1/b86-75-/t68-,69+,70?,71-,72-,74-,76+,77-,78?,79-,81+,85?,87-,93-,94-,95-,96+/m0/s1. The van der Waals surface area contributed by atoms with Gasteiger partial charge in [0.1, 0.15) is 43.3 Å². The summed E-state index contributed by atoms with van der Waals surface area (Å²) in [5, 5.41) is 37.8. The predicted molar refractivity (Wildman–Crippen MR) is 491 cm³/mol. The Morgan fingerprint density at radius 2 is 1.25 bits per heavy atom. The van der Waals surface area contributed by atoms with Crippen molar-refractivity contribution in [3.63, 3.8) is 0 Å². The minimum Gasteiger partial charge on any atom is -0.486 e. The van der Waals surface area contributed by atoms with Gasteiger partial charge in [-0.3, -0.25) is 38.4 Å². The van der Waals surface area contributed by atoms with Crippen LogP contribution in [0.25, 0.3) is 0 Å². The van der Waals surface area contributed by atoms with Crippen molar-refractivity contribution in [2.45, 2.75) is 230 Å². The molecule has 7 aliphatic carbocycles. The molecule has 134 heavy (non-hydrogen) atoms. The summed E-state index contributed by atoms with van der Waals surface area (Å²) < 4.78 is 111. The van der Waals surface area contributed by atoms with E-state index >= 15 is 13.6 Å². The molecule has 752 valence electrons. The van der Waals surface area contributed by atoms with E-state index in [0.29, 0.717) is 161 Å². The topological polar surface area (TPSA) is 471 Å². The molecule has 1 aromatic rings. The van der Waals surface area contributed by atoms with Gasteiger partial charge in [0, 0.05) is 80.0 Å². The van der Waals surface area contributed by atoms with Crippen LogP contribution in [0.1, 0.15) is 169 Å². The molecule has 8 aliphatic rings. The number of unbranched alkanes of at least 4 members (excludes halogenated alkanes) is 1. The highest BCUT2D eigenvalue weighted by molar-refractivity contribution is 6.02. The lowest BCUT2D eigenvalue weighted by Gasteiger charge is -2.63. The molecule has 17 atom stereocenters. The molecule has 1 saturated heterocycles. The van der Waals surface area contributed by atoms with Crippen LogP contribution in [0, 0.1) is 58.2 Å². The summed E-state index contributed by atoms with van der Waals surface area (Å²) >= 11 is 0. The molecule has 0 spiro atoms. The van der Waals surface area contributed by atoms with Crippen LogP contribution in [0.15, 0.2) is 59.5 Å². The fraction of sp³-hybridized carbons (Fsp3) is 0.750. The first-order chi connectivity index (χ1) is 64.3. The number of carbonyl (C=O) groups is 10. The van der Waals surface area contributed by atoms with E-state index in [1.165, 1.54) is 43.3 Å². The number of nitrogens with one attached hydrogen (secondary N) is 9. The van der Waals surface area contributed by atoms with Crippen LogP contribution in [0.5, 0.6) is 5.75 Å². The zero-order valence-electron chi connectivity index (χ0n) is 79.8. The van der Waals surface area contributed by atoms with Gasteiger partial charge in [-0.2, -0.15) is 0 Å². The first-order valence-electron chi connectivity index (χ1n) is 48.3. The molecular formula is C96H151F2N12O24+. The maximum absolute atomic E-state index is 18.2. The van der Waals surface area contributed by atoms with Gasteiger partial charge in [0.2, 0.25) is 41.2 Å². The number of primary amides is 1. The van der Waals surface area contributed by atoms with E-state index in [-0.39, 0.29) is 133 Å². The van der Waals surface area contributed by atoms with Gasteiger partial charge in [0.05, 0.1) is 171 Å². The van der Waals surface area contributed by atoms with Crippen LogP contribution >= 0.6 is 0 Å². The zero-order valence-corrected chi connectivity index (χ0v) is 79.8. The molecular weight excluding hydrogens is 1740 g/mol. The van der Waals surface area contributed by atoms with Crippen LogP contribution in [-0.2, 0) is 95.2 Å². The van der Waals surface area contributed by atoms with Crippen LogP contribution in [-0.4, -0.2) is 315 Å². The Morgan fingerprint density at radius 3 is 1.87 bits per heavy atom. The number of benzene rings is 1. The first-order valence-corrected chi connectivity index (χ1v) is 48.3. The number of urea groups is 1. The van der Waals surface area contributed by atoms with Gasteiger partial charge in [0.15, 0.2) is 23.3 Å². The Morgan fingerprint density at radius 1 is 0.649 bits per heavy atom. The van der Waals surface area contributed by atoms with Crippen molar-refractivity contribution < 1.29 is 128 Å². The average Bonchev–Trinajstić information content (AvgIpc) is 1.40. The Balaban J connectivity index is 0.731. The van der Waals surface area contributed by atoms with Crippen LogP contribution in [0.3, 0.4) is 0 Å².